The number of nitrogens with one attached hydrogen (secondary N) is 1. The SMILES string of the molecule is C=C1NC2=C(C(=O)CC(C)(C)C2)C(c2ccccc2[N+](=O)[O-])C1C(=O)OC. The van der Waals surface area contributed by atoms with Gasteiger partial charge in [-0.25, -0.2) is 0 Å². The van der Waals surface area contributed by atoms with Crippen molar-refractivity contribution in [3.8, 4) is 0 Å². The van der Waals surface area contributed by atoms with E-state index in [2.05, 4.69) is 11.9 Å². The van der Waals surface area contributed by atoms with Crippen molar-refractivity contribution < 1.29 is 19.2 Å². The molecule has 142 valence electrons. The molecule has 1 aliphatic carbocycles. The number of rotatable bonds is 3. The Morgan fingerprint density at radius 1 is 1.33 bits per heavy atom. The highest BCUT2D eigenvalue weighted by Gasteiger charge is 2.48. The zero-order valence-corrected chi connectivity index (χ0v) is 15.6. The predicted molar refractivity (Wildman–Crippen MR) is 98.7 cm³/mol. The number of esters is 1. The molecule has 0 bridgehead atoms. The van der Waals surface area contributed by atoms with Crippen LogP contribution in [0.1, 0.15) is 38.2 Å². The molecule has 1 aliphatic heterocycles. The molecule has 7 nitrogen and oxygen atoms in total. The Labute approximate surface area is 157 Å². The number of nitro groups is 1. The summed E-state index contributed by atoms with van der Waals surface area (Å²) in [6.45, 7) is 7.93. The minimum Gasteiger partial charge on any atom is -0.468 e. The summed E-state index contributed by atoms with van der Waals surface area (Å²) in [4.78, 5) is 36.6. The van der Waals surface area contributed by atoms with E-state index in [0.29, 0.717) is 35.4 Å². The molecule has 2 atom stereocenters. The monoisotopic (exact) mass is 370 g/mol. The number of nitrogens with zero attached hydrogens (tertiary/aromatic N) is 1. The van der Waals surface area contributed by atoms with Crippen molar-refractivity contribution in [1.29, 1.82) is 0 Å². The highest BCUT2D eigenvalue weighted by Crippen LogP contribution is 2.49. The van der Waals surface area contributed by atoms with Crippen LogP contribution >= 0.6 is 0 Å². The minimum absolute atomic E-state index is 0.113. The lowest BCUT2D eigenvalue weighted by Gasteiger charge is -2.41. The normalized spacial score (nSPS) is 24.1. The number of para-hydroxylation sites is 1. The summed E-state index contributed by atoms with van der Waals surface area (Å²) >= 11 is 0. The maximum absolute atomic E-state index is 13.0. The second-order valence-electron chi connectivity index (χ2n) is 7.78. The van der Waals surface area contributed by atoms with Crippen molar-refractivity contribution >= 4 is 17.4 Å². The highest BCUT2D eigenvalue weighted by molar-refractivity contribution is 6.01. The minimum atomic E-state index is -0.917. The number of benzene rings is 1. The summed E-state index contributed by atoms with van der Waals surface area (Å²) in [5, 5.41) is 14.7. The van der Waals surface area contributed by atoms with Gasteiger partial charge in [0.1, 0.15) is 5.92 Å². The van der Waals surface area contributed by atoms with E-state index >= 15 is 0 Å². The molecule has 0 amide bonds. The number of hydrogen-bond donors (Lipinski definition) is 1. The van der Waals surface area contributed by atoms with Gasteiger partial charge in [0.25, 0.3) is 5.69 Å². The first-order valence-corrected chi connectivity index (χ1v) is 8.69. The lowest BCUT2D eigenvalue weighted by atomic mass is 9.66. The van der Waals surface area contributed by atoms with Crippen LogP contribution in [0, 0.1) is 21.4 Å². The van der Waals surface area contributed by atoms with Crippen LogP contribution < -0.4 is 5.32 Å². The third-order valence-electron chi connectivity index (χ3n) is 5.17. The van der Waals surface area contributed by atoms with Crippen molar-refractivity contribution in [2.24, 2.45) is 11.3 Å². The van der Waals surface area contributed by atoms with Gasteiger partial charge in [-0.3, -0.25) is 19.7 Å². The van der Waals surface area contributed by atoms with Crippen molar-refractivity contribution in [3.63, 3.8) is 0 Å². The smallest absolute Gasteiger partial charge is 0.315 e. The molecule has 2 aliphatic rings. The maximum Gasteiger partial charge on any atom is 0.315 e. The van der Waals surface area contributed by atoms with E-state index in [-0.39, 0.29) is 16.9 Å². The number of allylic oxidation sites excluding steroid dienone is 2. The summed E-state index contributed by atoms with van der Waals surface area (Å²) in [6, 6.07) is 6.20. The summed E-state index contributed by atoms with van der Waals surface area (Å²) in [5.41, 5.74) is 1.44. The predicted octanol–water partition coefficient (Wildman–Crippen LogP) is 3.23. The number of hydrogen-bond acceptors (Lipinski definition) is 6. The van der Waals surface area contributed by atoms with Crippen LogP contribution in [0.15, 0.2) is 47.8 Å². The number of methoxy groups -OCH3 is 1. The van der Waals surface area contributed by atoms with E-state index in [4.69, 9.17) is 4.74 Å². The molecule has 0 spiro atoms. The summed E-state index contributed by atoms with van der Waals surface area (Å²) in [5.74, 6) is -2.41. The van der Waals surface area contributed by atoms with Crippen LogP contribution in [0.5, 0.6) is 0 Å². The Morgan fingerprint density at radius 3 is 2.63 bits per heavy atom. The lowest BCUT2D eigenvalue weighted by Crippen LogP contribution is -2.43. The summed E-state index contributed by atoms with van der Waals surface area (Å²) in [6.07, 6.45) is 0.906. The number of nitro benzene ring substituents is 1. The van der Waals surface area contributed by atoms with E-state index in [1.54, 1.807) is 18.2 Å². The van der Waals surface area contributed by atoms with Gasteiger partial charge in [0.05, 0.1) is 12.0 Å². The van der Waals surface area contributed by atoms with Crippen LogP contribution in [0.25, 0.3) is 0 Å². The quantitative estimate of drug-likeness (QED) is 0.498. The van der Waals surface area contributed by atoms with Crippen LogP contribution in [-0.4, -0.2) is 23.8 Å². The largest absolute Gasteiger partial charge is 0.468 e. The Kier molecular flexibility index (Phi) is 4.63. The Hall–Kier alpha value is -2.96. The molecular formula is C20H22N2O5. The Bertz CT molecular complexity index is 884. The first kappa shape index (κ1) is 18.8. The zero-order valence-electron chi connectivity index (χ0n) is 15.6. The van der Waals surface area contributed by atoms with Gasteiger partial charge in [-0.1, -0.05) is 38.6 Å². The molecule has 1 aromatic carbocycles. The van der Waals surface area contributed by atoms with Gasteiger partial charge in [-0.2, -0.15) is 0 Å². The third kappa shape index (κ3) is 3.25. The van der Waals surface area contributed by atoms with Crippen LogP contribution in [0.3, 0.4) is 0 Å². The molecule has 7 heteroatoms. The van der Waals surface area contributed by atoms with Crippen molar-refractivity contribution in [2.45, 2.75) is 32.6 Å². The zero-order chi connectivity index (χ0) is 19.9. The maximum atomic E-state index is 13.0. The van der Waals surface area contributed by atoms with Crippen molar-refractivity contribution in [3.05, 3.63) is 63.5 Å². The van der Waals surface area contributed by atoms with E-state index in [1.807, 2.05) is 13.8 Å². The Morgan fingerprint density at radius 2 is 2.00 bits per heavy atom. The number of carbonyl (C=O) groups excluding carboxylic acids is 2. The van der Waals surface area contributed by atoms with Crippen molar-refractivity contribution in [1.82, 2.24) is 5.32 Å². The molecule has 0 saturated heterocycles. The van der Waals surface area contributed by atoms with E-state index in [1.165, 1.54) is 13.2 Å². The molecule has 2 unspecified atom stereocenters. The first-order valence-electron chi connectivity index (χ1n) is 8.69. The summed E-state index contributed by atoms with van der Waals surface area (Å²) in [7, 11) is 1.25. The van der Waals surface area contributed by atoms with Gasteiger partial charge in [-0.15, -0.1) is 0 Å². The molecular weight excluding hydrogens is 348 g/mol. The molecule has 3 rings (SSSR count). The standard InChI is InChI=1S/C20H22N2O5/c1-11-16(19(24)27-4)17(12-7-5-6-8-14(12)22(25)26)18-13(21-11)9-20(2,3)10-15(18)23/h5-8,16-17,21H,1,9-10H2,2-4H3. The molecule has 27 heavy (non-hydrogen) atoms. The average molecular weight is 370 g/mol. The van der Waals surface area contributed by atoms with Gasteiger partial charge < -0.3 is 10.1 Å². The lowest BCUT2D eigenvalue weighted by molar-refractivity contribution is -0.385. The molecule has 0 saturated carbocycles. The van der Waals surface area contributed by atoms with Crippen LogP contribution in [-0.2, 0) is 14.3 Å². The topological polar surface area (TPSA) is 98.5 Å². The Balaban J connectivity index is 2.27. The average Bonchev–Trinajstić information content (AvgIpc) is 2.58. The summed E-state index contributed by atoms with van der Waals surface area (Å²) < 4.78 is 4.92. The molecule has 0 radical (unpaired) electrons. The third-order valence-corrected chi connectivity index (χ3v) is 5.17. The van der Waals surface area contributed by atoms with Crippen molar-refractivity contribution in [2.75, 3.05) is 7.11 Å². The second-order valence-corrected chi connectivity index (χ2v) is 7.78. The van der Waals surface area contributed by atoms with E-state index in [9.17, 15) is 19.7 Å². The molecule has 1 heterocycles. The van der Waals surface area contributed by atoms with Gasteiger partial charge in [0, 0.05) is 40.9 Å². The molecule has 1 N–H and O–H groups in total. The van der Waals surface area contributed by atoms with E-state index < -0.39 is 22.7 Å². The fraction of sp³-hybridized carbons (Fsp3) is 0.400. The fourth-order valence-electron chi connectivity index (χ4n) is 4.10. The van der Waals surface area contributed by atoms with Gasteiger partial charge in [-0.05, 0) is 11.8 Å². The van der Waals surface area contributed by atoms with Gasteiger partial charge in [0.15, 0.2) is 5.78 Å². The number of Topliss-reactive ketones (excluding diaryl/α,β-unsaturated/α-hetero) is 1. The fourth-order valence-corrected chi connectivity index (χ4v) is 4.10. The van der Waals surface area contributed by atoms with E-state index in [0.717, 1.165) is 0 Å². The molecule has 1 aromatic rings. The number of ketones is 1. The van der Waals surface area contributed by atoms with Crippen LogP contribution in [0.2, 0.25) is 0 Å². The highest BCUT2D eigenvalue weighted by atomic mass is 16.6. The van der Waals surface area contributed by atoms with Gasteiger partial charge >= 0.3 is 5.97 Å². The number of carbonyl (C=O) groups is 2. The van der Waals surface area contributed by atoms with Gasteiger partial charge in [0.2, 0.25) is 0 Å². The first-order chi connectivity index (χ1) is 12.7. The number of ether oxygens (including phenoxy) is 1. The van der Waals surface area contributed by atoms with Crippen LogP contribution in [0.4, 0.5) is 5.69 Å². The molecule has 0 aromatic heterocycles. The molecule has 0 fully saturated rings. The second kappa shape index (κ2) is 6.64.